The highest BCUT2D eigenvalue weighted by atomic mass is 32.2. The van der Waals surface area contributed by atoms with Crippen molar-refractivity contribution < 1.29 is 48.6 Å². The molecule has 46 heavy (non-hydrogen) atoms. The molecule has 1 aromatic heterocycles. The molecule has 14 heteroatoms. The Hall–Kier alpha value is -3.79. The Labute approximate surface area is 268 Å². The lowest BCUT2D eigenvalue weighted by atomic mass is 10.1. The van der Waals surface area contributed by atoms with Gasteiger partial charge in [0.05, 0.1) is 49.4 Å². The van der Waals surface area contributed by atoms with Gasteiger partial charge in [-0.15, -0.1) is 0 Å². The summed E-state index contributed by atoms with van der Waals surface area (Å²) in [5.41, 5.74) is 2.36. The second-order valence-electron chi connectivity index (χ2n) is 10.1. The first-order chi connectivity index (χ1) is 21.9. The topological polar surface area (TPSA) is 154 Å². The fraction of sp³-hybridized carbons (Fsp3) is 0.344. The zero-order valence-corrected chi connectivity index (χ0v) is 27.4. The highest BCUT2D eigenvalue weighted by Gasteiger charge is 2.16. The van der Waals surface area contributed by atoms with Crippen molar-refractivity contribution in [1.29, 1.82) is 0 Å². The van der Waals surface area contributed by atoms with Crippen LogP contribution in [-0.4, -0.2) is 69.7 Å². The molecule has 4 rings (SSSR count). The third kappa shape index (κ3) is 10.1. The van der Waals surface area contributed by atoms with E-state index in [4.69, 9.17) is 31.7 Å². The number of aryl methyl sites for hydroxylation is 3. The van der Waals surface area contributed by atoms with Crippen LogP contribution in [0, 0.1) is 20.8 Å². The van der Waals surface area contributed by atoms with Crippen molar-refractivity contribution in [2.45, 2.75) is 30.6 Å². The van der Waals surface area contributed by atoms with Crippen LogP contribution in [0.1, 0.15) is 16.7 Å². The first-order valence-electron chi connectivity index (χ1n) is 14.4. The van der Waals surface area contributed by atoms with Crippen molar-refractivity contribution in [2.75, 3.05) is 52.9 Å². The molecule has 248 valence electrons. The van der Waals surface area contributed by atoms with Crippen LogP contribution in [0.25, 0.3) is 11.0 Å². The fourth-order valence-corrected chi connectivity index (χ4v) is 5.91. The Kier molecular flexibility index (Phi) is 12.3. The van der Waals surface area contributed by atoms with Crippen LogP contribution in [0.15, 0.2) is 85.7 Å². The summed E-state index contributed by atoms with van der Waals surface area (Å²) in [6.07, 6.45) is 0. The number of rotatable bonds is 18. The number of ether oxygens (including phenoxy) is 4. The van der Waals surface area contributed by atoms with Crippen LogP contribution < -0.4 is 15.1 Å². The minimum Gasteiger partial charge on any atom is -0.487 e. The lowest BCUT2D eigenvalue weighted by Gasteiger charge is -2.15. The first-order valence-corrected chi connectivity index (χ1v) is 17.2. The SMILES string of the molecule is Cc1ccc(S(=O)(=O)OCCOCCOc2cc3oc(=O)cc(C)c3cc2OCCOCCOS(=O)(=O)c2ccc(C)cc2)cc1. The van der Waals surface area contributed by atoms with Gasteiger partial charge < -0.3 is 23.4 Å². The van der Waals surface area contributed by atoms with Gasteiger partial charge in [0.15, 0.2) is 11.5 Å². The van der Waals surface area contributed by atoms with Crippen LogP contribution in [0.4, 0.5) is 0 Å². The Balaban J connectivity index is 1.24. The lowest BCUT2D eigenvalue weighted by Crippen LogP contribution is -2.15. The van der Waals surface area contributed by atoms with Gasteiger partial charge in [-0.3, -0.25) is 8.37 Å². The van der Waals surface area contributed by atoms with E-state index in [9.17, 15) is 21.6 Å². The quantitative estimate of drug-likeness (QED) is 0.0838. The van der Waals surface area contributed by atoms with Gasteiger partial charge >= 0.3 is 5.63 Å². The maximum absolute atomic E-state index is 12.3. The molecule has 12 nitrogen and oxygen atoms in total. The zero-order valence-electron chi connectivity index (χ0n) is 25.7. The second-order valence-corrected chi connectivity index (χ2v) is 13.4. The summed E-state index contributed by atoms with van der Waals surface area (Å²) in [5.74, 6) is 0.648. The van der Waals surface area contributed by atoms with E-state index in [1.807, 2.05) is 13.8 Å². The Morgan fingerprint density at radius 3 is 1.48 bits per heavy atom. The molecule has 3 aromatic carbocycles. The van der Waals surface area contributed by atoms with Crippen molar-refractivity contribution >= 4 is 31.2 Å². The molecule has 0 aliphatic rings. The molecule has 0 fully saturated rings. The summed E-state index contributed by atoms with van der Waals surface area (Å²) in [4.78, 5) is 12.0. The second kappa shape index (κ2) is 16.2. The van der Waals surface area contributed by atoms with Gasteiger partial charge in [-0.05, 0) is 56.7 Å². The van der Waals surface area contributed by atoms with E-state index in [0.717, 1.165) is 11.1 Å². The molecule has 0 aliphatic carbocycles. The maximum Gasteiger partial charge on any atom is 0.336 e. The highest BCUT2D eigenvalue weighted by molar-refractivity contribution is 7.87. The van der Waals surface area contributed by atoms with Crippen LogP contribution in [-0.2, 0) is 38.1 Å². The highest BCUT2D eigenvalue weighted by Crippen LogP contribution is 2.33. The molecule has 0 radical (unpaired) electrons. The van der Waals surface area contributed by atoms with E-state index >= 15 is 0 Å². The number of hydrogen-bond donors (Lipinski definition) is 0. The average Bonchev–Trinajstić information content (AvgIpc) is 3.00. The number of hydrogen-bond acceptors (Lipinski definition) is 12. The van der Waals surface area contributed by atoms with Gasteiger partial charge in [-0.25, -0.2) is 4.79 Å². The van der Waals surface area contributed by atoms with Crippen molar-refractivity contribution in [2.24, 2.45) is 0 Å². The van der Waals surface area contributed by atoms with Crippen molar-refractivity contribution in [3.63, 3.8) is 0 Å². The van der Waals surface area contributed by atoms with E-state index in [1.54, 1.807) is 43.3 Å². The van der Waals surface area contributed by atoms with Crippen molar-refractivity contribution in [3.8, 4) is 11.5 Å². The van der Waals surface area contributed by atoms with Crippen molar-refractivity contribution in [1.82, 2.24) is 0 Å². The van der Waals surface area contributed by atoms with Crippen LogP contribution >= 0.6 is 0 Å². The summed E-state index contributed by atoms with van der Waals surface area (Å²) >= 11 is 0. The summed E-state index contributed by atoms with van der Waals surface area (Å²) in [6.45, 7) is 5.59. The van der Waals surface area contributed by atoms with Gasteiger partial charge in [0.2, 0.25) is 0 Å². The maximum atomic E-state index is 12.3. The van der Waals surface area contributed by atoms with Gasteiger partial charge in [0.25, 0.3) is 20.2 Å². The van der Waals surface area contributed by atoms with E-state index in [2.05, 4.69) is 0 Å². The summed E-state index contributed by atoms with van der Waals surface area (Å²) < 4.78 is 87.2. The summed E-state index contributed by atoms with van der Waals surface area (Å²) in [5, 5.41) is 0.653. The zero-order chi connectivity index (χ0) is 33.2. The number of fused-ring (bicyclic) bond motifs is 1. The van der Waals surface area contributed by atoms with Crippen LogP contribution in [0.2, 0.25) is 0 Å². The largest absolute Gasteiger partial charge is 0.487 e. The van der Waals surface area contributed by atoms with Crippen molar-refractivity contribution in [3.05, 3.63) is 93.8 Å². The van der Waals surface area contributed by atoms with Crippen LogP contribution in [0.3, 0.4) is 0 Å². The summed E-state index contributed by atoms with van der Waals surface area (Å²) in [6, 6.07) is 17.3. The van der Waals surface area contributed by atoms with Gasteiger partial charge in [0, 0.05) is 17.5 Å². The predicted molar refractivity (Wildman–Crippen MR) is 168 cm³/mol. The fourth-order valence-electron chi connectivity index (χ4n) is 4.13. The Bertz CT molecular complexity index is 1870. The minimum absolute atomic E-state index is 0.0109. The minimum atomic E-state index is -3.89. The number of benzene rings is 3. The molecule has 1 heterocycles. The van der Waals surface area contributed by atoms with E-state index in [0.29, 0.717) is 22.3 Å². The summed E-state index contributed by atoms with van der Waals surface area (Å²) in [7, 11) is -7.78. The molecule has 0 amide bonds. The molecule has 0 saturated carbocycles. The van der Waals surface area contributed by atoms with Gasteiger partial charge in [-0.1, -0.05) is 35.4 Å². The molecule has 0 spiro atoms. The van der Waals surface area contributed by atoms with E-state index in [-0.39, 0.29) is 68.4 Å². The van der Waals surface area contributed by atoms with E-state index < -0.39 is 25.9 Å². The molecule has 4 aromatic rings. The first kappa shape index (κ1) is 35.1. The molecule has 0 saturated heterocycles. The molecule has 0 unspecified atom stereocenters. The van der Waals surface area contributed by atoms with E-state index in [1.165, 1.54) is 30.3 Å². The van der Waals surface area contributed by atoms with Gasteiger partial charge in [-0.2, -0.15) is 16.8 Å². The van der Waals surface area contributed by atoms with Crippen LogP contribution in [0.5, 0.6) is 11.5 Å². The molecule has 0 bridgehead atoms. The molecular formula is C32H36O12S2. The Morgan fingerprint density at radius 1 is 0.565 bits per heavy atom. The standard InChI is InChI=1S/C32H36O12S2/c1-23-4-8-26(9-5-23)45(34,35)42-18-14-38-12-16-40-30-21-28-25(3)20-32(33)44-29(28)22-31(30)41-17-13-39-15-19-43-46(36,37)27-10-6-24(2)7-11-27/h4-11,20-22H,12-19H2,1-3H3. The van der Waals surface area contributed by atoms with Gasteiger partial charge in [0.1, 0.15) is 18.8 Å². The molecular weight excluding hydrogens is 640 g/mol. The molecule has 0 aliphatic heterocycles. The molecule has 0 N–H and O–H groups in total. The normalized spacial score (nSPS) is 12.0. The predicted octanol–water partition coefficient (Wildman–Crippen LogP) is 4.32. The average molecular weight is 677 g/mol. The third-order valence-electron chi connectivity index (χ3n) is 6.54. The third-order valence-corrected chi connectivity index (χ3v) is 9.19. The monoisotopic (exact) mass is 676 g/mol. The lowest BCUT2D eigenvalue weighted by molar-refractivity contribution is 0.0712. The Morgan fingerprint density at radius 2 is 1.00 bits per heavy atom. The smallest absolute Gasteiger partial charge is 0.336 e. The molecule has 0 atom stereocenters.